The Balaban J connectivity index is 1.75. The minimum atomic E-state index is -0.0985. The Morgan fingerprint density at radius 2 is 2.05 bits per heavy atom. The molecule has 0 saturated heterocycles. The maximum atomic E-state index is 12.0. The number of benzene rings is 1. The molecule has 5 nitrogen and oxygen atoms in total. The number of thiophene rings is 1. The van der Waals surface area contributed by atoms with Crippen LogP contribution in [0.15, 0.2) is 29.6 Å². The van der Waals surface area contributed by atoms with Gasteiger partial charge in [-0.25, -0.2) is 0 Å². The maximum absolute atomic E-state index is 12.0. The van der Waals surface area contributed by atoms with Crippen LogP contribution in [0.5, 0.6) is 11.5 Å². The molecular formula is C15H16N2O3S. The van der Waals surface area contributed by atoms with Gasteiger partial charge in [0, 0.05) is 23.4 Å². The Kier molecular flexibility index (Phi) is 3.96. The molecule has 1 aliphatic heterocycles. The van der Waals surface area contributed by atoms with Crippen molar-refractivity contribution in [2.24, 2.45) is 0 Å². The fraction of sp³-hybridized carbons (Fsp3) is 0.267. The van der Waals surface area contributed by atoms with Crippen LogP contribution in [0, 0.1) is 0 Å². The summed E-state index contributed by atoms with van der Waals surface area (Å²) >= 11 is 1.55. The van der Waals surface area contributed by atoms with E-state index in [1.165, 1.54) is 0 Å². The van der Waals surface area contributed by atoms with Crippen molar-refractivity contribution in [1.29, 1.82) is 0 Å². The molecule has 2 heterocycles. The Bertz CT molecular complexity index is 641. The number of carbonyl (C=O) groups excluding carboxylic acids is 1. The number of ether oxygens (including phenoxy) is 2. The number of hydrogen-bond acceptors (Lipinski definition) is 5. The number of nitrogen functional groups attached to an aromatic ring is 1. The van der Waals surface area contributed by atoms with E-state index in [0.717, 1.165) is 11.3 Å². The highest BCUT2D eigenvalue weighted by molar-refractivity contribution is 7.10. The lowest BCUT2D eigenvalue weighted by atomic mass is 10.2. The first-order chi connectivity index (χ1) is 10.2. The molecular weight excluding hydrogens is 288 g/mol. The van der Waals surface area contributed by atoms with Gasteiger partial charge in [-0.3, -0.25) is 4.79 Å². The molecule has 3 rings (SSSR count). The second kappa shape index (κ2) is 6.05. The summed E-state index contributed by atoms with van der Waals surface area (Å²) in [5.41, 5.74) is 7.00. The predicted molar refractivity (Wildman–Crippen MR) is 83.1 cm³/mol. The topological polar surface area (TPSA) is 73.6 Å². The standard InChI is InChI=1S/C15H16N2O3S/c16-11-8-13-14(20-5-2-4-19-13)9-12(11)17-15(18)7-10-3-1-6-21-10/h1,3,6,8-9H,2,4-5,7,16H2,(H,17,18). The van der Waals surface area contributed by atoms with Crippen molar-refractivity contribution in [2.45, 2.75) is 12.8 Å². The molecule has 2 aromatic rings. The van der Waals surface area contributed by atoms with Crippen LogP contribution in [-0.4, -0.2) is 19.1 Å². The lowest BCUT2D eigenvalue weighted by Crippen LogP contribution is -2.15. The van der Waals surface area contributed by atoms with Gasteiger partial charge in [0.05, 0.1) is 31.0 Å². The van der Waals surface area contributed by atoms with E-state index in [4.69, 9.17) is 15.2 Å². The Morgan fingerprint density at radius 3 is 2.76 bits per heavy atom. The SMILES string of the molecule is Nc1cc2c(cc1NC(=O)Cc1cccs1)OCCCO2. The summed E-state index contributed by atoms with van der Waals surface area (Å²) < 4.78 is 11.2. The third kappa shape index (κ3) is 3.28. The number of amides is 1. The van der Waals surface area contributed by atoms with E-state index in [9.17, 15) is 4.79 Å². The van der Waals surface area contributed by atoms with E-state index >= 15 is 0 Å². The summed E-state index contributed by atoms with van der Waals surface area (Å²) in [6.07, 6.45) is 1.17. The average molecular weight is 304 g/mol. The van der Waals surface area contributed by atoms with E-state index in [1.807, 2.05) is 17.5 Å². The van der Waals surface area contributed by atoms with Gasteiger partial charge in [0.25, 0.3) is 0 Å². The second-order valence-electron chi connectivity index (χ2n) is 4.74. The van der Waals surface area contributed by atoms with E-state index in [-0.39, 0.29) is 5.91 Å². The molecule has 0 fully saturated rings. The molecule has 1 aliphatic rings. The van der Waals surface area contributed by atoms with Gasteiger partial charge in [-0.15, -0.1) is 11.3 Å². The highest BCUT2D eigenvalue weighted by Crippen LogP contribution is 2.36. The largest absolute Gasteiger partial charge is 0.489 e. The Labute approximate surface area is 126 Å². The summed E-state index contributed by atoms with van der Waals surface area (Å²) in [7, 11) is 0. The van der Waals surface area contributed by atoms with Gasteiger partial charge < -0.3 is 20.5 Å². The quantitative estimate of drug-likeness (QED) is 0.855. The number of nitrogens with two attached hydrogens (primary N) is 1. The Hall–Kier alpha value is -2.21. The van der Waals surface area contributed by atoms with Crippen LogP contribution in [0.25, 0.3) is 0 Å². The molecule has 0 aliphatic carbocycles. The molecule has 21 heavy (non-hydrogen) atoms. The third-order valence-corrected chi connectivity index (χ3v) is 3.99. The highest BCUT2D eigenvalue weighted by atomic mass is 32.1. The van der Waals surface area contributed by atoms with Crippen LogP contribution in [0.4, 0.5) is 11.4 Å². The van der Waals surface area contributed by atoms with Crippen molar-refractivity contribution in [1.82, 2.24) is 0 Å². The highest BCUT2D eigenvalue weighted by Gasteiger charge is 2.15. The van der Waals surface area contributed by atoms with Gasteiger partial charge in [-0.05, 0) is 11.4 Å². The molecule has 1 amide bonds. The summed E-state index contributed by atoms with van der Waals surface area (Å²) in [4.78, 5) is 13.1. The van der Waals surface area contributed by atoms with E-state index in [2.05, 4.69) is 5.32 Å². The molecule has 0 saturated carbocycles. The van der Waals surface area contributed by atoms with Gasteiger partial charge in [0.2, 0.25) is 5.91 Å². The maximum Gasteiger partial charge on any atom is 0.229 e. The zero-order valence-electron chi connectivity index (χ0n) is 11.4. The first-order valence-electron chi connectivity index (χ1n) is 6.74. The monoisotopic (exact) mass is 304 g/mol. The molecule has 1 aromatic heterocycles. The fourth-order valence-electron chi connectivity index (χ4n) is 2.10. The summed E-state index contributed by atoms with van der Waals surface area (Å²) in [6, 6.07) is 7.28. The number of hydrogen-bond donors (Lipinski definition) is 2. The normalized spacial score (nSPS) is 13.5. The van der Waals surface area contributed by atoms with Gasteiger partial charge >= 0.3 is 0 Å². The van der Waals surface area contributed by atoms with Crippen molar-refractivity contribution >= 4 is 28.6 Å². The minimum Gasteiger partial charge on any atom is -0.489 e. The molecule has 0 atom stereocenters. The zero-order valence-corrected chi connectivity index (χ0v) is 12.2. The van der Waals surface area contributed by atoms with Crippen LogP contribution in [0.1, 0.15) is 11.3 Å². The van der Waals surface area contributed by atoms with Crippen LogP contribution < -0.4 is 20.5 Å². The number of fused-ring (bicyclic) bond motifs is 1. The molecule has 1 aromatic carbocycles. The van der Waals surface area contributed by atoms with E-state index in [0.29, 0.717) is 42.5 Å². The van der Waals surface area contributed by atoms with Crippen molar-refractivity contribution in [2.75, 3.05) is 24.3 Å². The zero-order chi connectivity index (χ0) is 14.7. The molecule has 3 N–H and O–H groups in total. The van der Waals surface area contributed by atoms with Crippen LogP contribution in [0.2, 0.25) is 0 Å². The number of carbonyl (C=O) groups is 1. The molecule has 0 spiro atoms. The lowest BCUT2D eigenvalue weighted by Gasteiger charge is -2.13. The minimum absolute atomic E-state index is 0.0985. The smallest absolute Gasteiger partial charge is 0.229 e. The Morgan fingerprint density at radius 1 is 1.29 bits per heavy atom. The van der Waals surface area contributed by atoms with E-state index < -0.39 is 0 Å². The van der Waals surface area contributed by atoms with Crippen LogP contribution in [-0.2, 0) is 11.2 Å². The molecule has 0 radical (unpaired) electrons. The van der Waals surface area contributed by atoms with Crippen LogP contribution >= 0.6 is 11.3 Å². The number of rotatable bonds is 3. The summed E-state index contributed by atoms with van der Waals surface area (Å²) in [6.45, 7) is 1.20. The van der Waals surface area contributed by atoms with Gasteiger partial charge in [-0.2, -0.15) is 0 Å². The lowest BCUT2D eigenvalue weighted by molar-refractivity contribution is -0.115. The molecule has 6 heteroatoms. The summed E-state index contributed by atoms with van der Waals surface area (Å²) in [5.74, 6) is 1.15. The number of anilines is 2. The third-order valence-electron chi connectivity index (χ3n) is 3.11. The molecule has 0 bridgehead atoms. The van der Waals surface area contributed by atoms with Gasteiger partial charge in [0.15, 0.2) is 11.5 Å². The molecule has 0 unspecified atom stereocenters. The molecule has 110 valence electrons. The fourth-order valence-corrected chi connectivity index (χ4v) is 2.80. The van der Waals surface area contributed by atoms with Crippen molar-refractivity contribution in [3.63, 3.8) is 0 Å². The van der Waals surface area contributed by atoms with Crippen LogP contribution in [0.3, 0.4) is 0 Å². The van der Waals surface area contributed by atoms with Gasteiger partial charge in [0.1, 0.15) is 0 Å². The van der Waals surface area contributed by atoms with Crippen molar-refractivity contribution in [3.05, 3.63) is 34.5 Å². The summed E-state index contributed by atoms with van der Waals surface area (Å²) in [5, 5.41) is 4.78. The average Bonchev–Trinajstić information content (AvgIpc) is 2.85. The second-order valence-corrected chi connectivity index (χ2v) is 5.77. The number of nitrogens with one attached hydrogen (secondary N) is 1. The van der Waals surface area contributed by atoms with Crippen molar-refractivity contribution < 1.29 is 14.3 Å². The van der Waals surface area contributed by atoms with E-state index in [1.54, 1.807) is 23.5 Å². The predicted octanol–water partition coefficient (Wildman–Crippen LogP) is 2.67. The van der Waals surface area contributed by atoms with Crippen molar-refractivity contribution in [3.8, 4) is 11.5 Å². The first-order valence-corrected chi connectivity index (χ1v) is 7.62. The first kappa shape index (κ1) is 13.8. The van der Waals surface area contributed by atoms with Gasteiger partial charge in [-0.1, -0.05) is 6.07 Å².